The third-order valence-corrected chi connectivity index (χ3v) is 6.95. The minimum absolute atomic E-state index is 0.00120. The predicted molar refractivity (Wildman–Crippen MR) is 152 cm³/mol. The van der Waals surface area contributed by atoms with Crippen LogP contribution in [0.2, 0.25) is 0 Å². The third-order valence-electron chi connectivity index (χ3n) is 6.95. The summed E-state index contributed by atoms with van der Waals surface area (Å²) in [5.74, 6) is -0.231. The molecule has 3 heterocycles. The van der Waals surface area contributed by atoms with Crippen LogP contribution in [0.1, 0.15) is 51.6 Å². The summed E-state index contributed by atoms with van der Waals surface area (Å²) in [4.78, 5) is 23.4. The molecule has 2 aromatic heterocycles. The number of anilines is 1. The van der Waals surface area contributed by atoms with Gasteiger partial charge in [0, 0.05) is 61.5 Å². The first kappa shape index (κ1) is 27.6. The number of benzene rings is 2. The average Bonchev–Trinajstić information content (AvgIpc) is 3.01. The molecule has 0 bridgehead atoms. The van der Waals surface area contributed by atoms with Gasteiger partial charge in [-0.2, -0.15) is 0 Å². The Labute approximate surface area is 234 Å². The Morgan fingerprint density at radius 2 is 1.88 bits per heavy atom. The SMILES string of the molecule is CN(CCc1ccccn1)C[C@@H]1C[C@H](c2ccc(CO)cc2)O[C@H](c2cccc(NC(=O)c3cccnc3)c2)O1. The van der Waals surface area contributed by atoms with Crippen molar-refractivity contribution in [2.24, 2.45) is 0 Å². The van der Waals surface area contributed by atoms with E-state index in [1.54, 1.807) is 18.3 Å². The Hall–Kier alpha value is -3.95. The van der Waals surface area contributed by atoms with Crippen molar-refractivity contribution >= 4 is 11.6 Å². The van der Waals surface area contributed by atoms with Gasteiger partial charge in [0.25, 0.3) is 5.91 Å². The van der Waals surface area contributed by atoms with Gasteiger partial charge < -0.3 is 24.8 Å². The number of likely N-dealkylation sites (N-methyl/N-ethyl adjacent to an activating group) is 1. The minimum atomic E-state index is -0.610. The van der Waals surface area contributed by atoms with Crippen molar-refractivity contribution in [3.05, 3.63) is 125 Å². The molecule has 206 valence electrons. The van der Waals surface area contributed by atoms with Crippen LogP contribution in [0.4, 0.5) is 5.69 Å². The van der Waals surface area contributed by atoms with Gasteiger partial charge in [0.15, 0.2) is 6.29 Å². The van der Waals surface area contributed by atoms with Gasteiger partial charge in [0.05, 0.1) is 24.4 Å². The van der Waals surface area contributed by atoms with E-state index in [2.05, 4.69) is 27.2 Å². The zero-order chi connectivity index (χ0) is 27.7. The molecule has 40 heavy (non-hydrogen) atoms. The van der Waals surface area contributed by atoms with E-state index >= 15 is 0 Å². The van der Waals surface area contributed by atoms with Crippen LogP contribution in [0, 0.1) is 0 Å². The fraction of sp³-hybridized carbons (Fsp3) is 0.281. The molecule has 0 radical (unpaired) electrons. The Kier molecular flexibility index (Phi) is 9.26. The lowest BCUT2D eigenvalue weighted by Crippen LogP contribution is -2.38. The van der Waals surface area contributed by atoms with Gasteiger partial charge in [0.1, 0.15) is 0 Å². The largest absolute Gasteiger partial charge is 0.392 e. The number of nitrogens with zero attached hydrogens (tertiary/aromatic N) is 3. The monoisotopic (exact) mass is 538 g/mol. The molecule has 0 unspecified atom stereocenters. The number of pyridine rings is 2. The van der Waals surface area contributed by atoms with Crippen LogP contribution in [-0.4, -0.2) is 52.1 Å². The fourth-order valence-corrected chi connectivity index (χ4v) is 4.79. The van der Waals surface area contributed by atoms with Crippen LogP contribution < -0.4 is 5.32 Å². The molecule has 8 heteroatoms. The maximum atomic E-state index is 12.7. The second-order valence-electron chi connectivity index (χ2n) is 10.0. The van der Waals surface area contributed by atoms with Gasteiger partial charge >= 0.3 is 0 Å². The van der Waals surface area contributed by atoms with E-state index in [-0.39, 0.29) is 24.7 Å². The number of carbonyl (C=O) groups is 1. The number of amides is 1. The lowest BCUT2D eigenvalue weighted by molar-refractivity contribution is -0.252. The number of hydrogen-bond donors (Lipinski definition) is 2. The summed E-state index contributed by atoms with van der Waals surface area (Å²) >= 11 is 0. The van der Waals surface area contributed by atoms with Crippen LogP contribution in [0.3, 0.4) is 0 Å². The lowest BCUT2D eigenvalue weighted by atomic mass is 9.99. The highest BCUT2D eigenvalue weighted by Gasteiger charge is 2.33. The van der Waals surface area contributed by atoms with Gasteiger partial charge in [-0.15, -0.1) is 0 Å². The number of rotatable bonds is 10. The van der Waals surface area contributed by atoms with Gasteiger partial charge in [-0.3, -0.25) is 14.8 Å². The van der Waals surface area contributed by atoms with E-state index in [1.807, 2.05) is 72.9 Å². The first-order valence-electron chi connectivity index (χ1n) is 13.5. The van der Waals surface area contributed by atoms with Crippen molar-refractivity contribution < 1.29 is 19.4 Å². The smallest absolute Gasteiger partial charge is 0.257 e. The van der Waals surface area contributed by atoms with Crippen LogP contribution in [-0.2, 0) is 22.5 Å². The molecule has 1 saturated heterocycles. The molecule has 3 atom stereocenters. The van der Waals surface area contributed by atoms with Crippen molar-refractivity contribution in [1.82, 2.24) is 14.9 Å². The van der Waals surface area contributed by atoms with Crippen molar-refractivity contribution in [1.29, 1.82) is 0 Å². The van der Waals surface area contributed by atoms with Gasteiger partial charge in [-0.25, -0.2) is 0 Å². The normalized spacial score (nSPS) is 18.9. The highest BCUT2D eigenvalue weighted by atomic mass is 16.7. The number of carbonyl (C=O) groups excluding carboxylic acids is 1. The number of hydrogen-bond acceptors (Lipinski definition) is 7. The van der Waals surface area contributed by atoms with Crippen LogP contribution in [0.15, 0.2) is 97.5 Å². The fourth-order valence-electron chi connectivity index (χ4n) is 4.79. The Morgan fingerprint density at radius 3 is 2.62 bits per heavy atom. The molecule has 0 spiro atoms. The summed E-state index contributed by atoms with van der Waals surface area (Å²) in [7, 11) is 2.09. The molecule has 1 fully saturated rings. The molecule has 2 aromatic carbocycles. The number of aliphatic hydroxyl groups is 1. The van der Waals surface area contributed by atoms with E-state index in [1.165, 1.54) is 6.20 Å². The summed E-state index contributed by atoms with van der Waals surface area (Å²) in [6, 6.07) is 24.8. The molecular formula is C32H34N4O4. The summed E-state index contributed by atoms with van der Waals surface area (Å²) in [6.07, 6.45) is 5.67. The van der Waals surface area contributed by atoms with Crippen molar-refractivity contribution in [2.45, 2.75) is 37.9 Å². The lowest BCUT2D eigenvalue weighted by Gasteiger charge is -2.38. The predicted octanol–water partition coefficient (Wildman–Crippen LogP) is 4.94. The minimum Gasteiger partial charge on any atom is -0.392 e. The number of aromatic nitrogens is 2. The summed E-state index contributed by atoms with van der Waals surface area (Å²) in [6.45, 7) is 1.59. The zero-order valence-electron chi connectivity index (χ0n) is 22.5. The molecule has 2 N–H and O–H groups in total. The Bertz CT molecular complexity index is 1370. The second kappa shape index (κ2) is 13.4. The molecule has 0 aliphatic carbocycles. The highest BCUT2D eigenvalue weighted by Crippen LogP contribution is 2.38. The van der Waals surface area contributed by atoms with Crippen molar-refractivity contribution in [3.63, 3.8) is 0 Å². The average molecular weight is 539 g/mol. The van der Waals surface area contributed by atoms with E-state index in [0.29, 0.717) is 17.7 Å². The molecule has 1 aliphatic heterocycles. The Morgan fingerprint density at radius 1 is 1.00 bits per heavy atom. The molecule has 1 aliphatic rings. The van der Waals surface area contributed by atoms with Crippen LogP contribution in [0.25, 0.3) is 0 Å². The summed E-state index contributed by atoms with van der Waals surface area (Å²) in [5.41, 5.74) is 4.91. The molecular weight excluding hydrogens is 504 g/mol. The number of nitrogens with one attached hydrogen (secondary N) is 1. The molecule has 8 nitrogen and oxygen atoms in total. The first-order valence-corrected chi connectivity index (χ1v) is 13.5. The van der Waals surface area contributed by atoms with E-state index in [0.717, 1.165) is 41.9 Å². The molecule has 1 amide bonds. The quantitative estimate of drug-likeness (QED) is 0.295. The number of aliphatic hydroxyl groups excluding tert-OH is 1. The van der Waals surface area contributed by atoms with E-state index in [4.69, 9.17) is 9.47 Å². The molecule has 0 saturated carbocycles. The topological polar surface area (TPSA) is 96.8 Å². The van der Waals surface area contributed by atoms with Gasteiger partial charge in [-0.05, 0) is 54.6 Å². The molecule has 5 rings (SSSR count). The second-order valence-corrected chi connectivity index (χ2v) is 10.0. The van der Waals surface area contributed by atoms with Gasteiger partial charge in [0.2, 0.25) is 0 Å². The highest BCUT2D eigenvalue weighted by molar-refractivity contribution is 6.04. The van der Waals surface area contributed by atoms with Crippen molar-refractivity contribution in [3.8, 4) is 0 Å². The third kappa shape index (κ3) is 7.37. The van der Waals surface area contributed by atoms with Gasteiger partial charge in [-0.1, -0.05) is 42.5 Å². The van der Waals surface area contributed by atoms with Crippen LogP contribution >= 0.6 is 0 Å². The van der Waals surface area contributed by atoms with E-state index in [9.17, 15) is 9.90 Å². The van der Waals surface area contributed by atoms with Crippen LogP contribution in [0.5, 0.6) is 0 Å². The standard InChI is InChI=1S/C32H34N4O4/c1-36(17-14-27-8-2-3-16-34-27)21-29-19-30(24-12-10-23(22-37)11-13-24)40-32(39-29)25-6-4-9-28(18-25)35-31(38)26-7-5-15-33-20-26/h2-13,15-16,18,20,29-30,32,37H,14,17,19,21-22H2,1H3,(H,35,38)/t29-,30+,32+/m0/s1. The zero-order valence-corrected chi connectivity index (χ0v) is 22.5. The first-order chi connectivity index (χ1) is 19.6. The Balaban J connectivity index is 1.31. The maximum absolute atomic E-state index is 12.7. The summed E-state index contributed by atoms with van der Waals surface area (Å²) < 4.78 is 13.0. The summed E-state index contributed by atoms with van der Waals surface area (Å²) in [5, 5.41) is 12.4. The van der Waals surface area contributed by atoms with Crippen molar-refractivity contribution in [2.75, 3.05) is 25.5 Å². The number of ether oxygens (including phenoxy) is 2. The van der Waals surface area contributed by atoms with E-state index < -0.39 is 6.29 Å². The molecule has 4 aromatic rings. The maximum Gasteiger partial charge on any atom is 0.257 e.